The smallest absolute Gasteiger partial charge is 0.387 e. The molecular formula is C18H22F2N2O4. The number of carbonyl (C=O) groups is 2. The van der Waals surface area contributed by atoms with Gasteiger partial charge >= 0.3 is 6.61 Å². The Bertz CT molecular complexity index is 633. The summed E-state index contributed by atoms with van der Waals surface area (Å²) >= 11 is 0. The van der Waals surface area contributed by atoms with Crippen molar-refractivity contribution in [3.63, 3.8) is 0 Å². The second-order valence-electron chi connectivity index (χ2n) is 6.48. The van der Waals surface area contributed by atoms with Crippen LogP contribution in [0.3, 0.4) is 0 Å². The molecule has 2 heterocycles. The van der Waals surface area contributed by atoms with Gasteiger partial charge in [-0.1, -0.05) is 12.1 Å². The number of ether oxygens (including phenoxy) is 2. The highest BCUT2D eigenvalue weighted by atomic mass is 19.3. The van der Waals surface area contributed by atoms with E-state index < -0.39 is 12.7 Å². The number of rotatable bonds is 7. The van der Waals surface area contributed by atoms with Gasteiger partial charge in [-0.3, -0.25) is 9.59 Å². The summed E-state index contributed by atoms with van der Waals surface area (Å²) in [6.07, 6.45) is 2.78. The molecule has 1 aromatic carbocycles. The maximum atomic E-state index is 12.5. The lowest BCUT2D eigenvalue weighted by atomic mass is 10.1. The molecule has 0 bridgehead atoms. The number of benzene rings is 1. The Morgan fingerprint density at radius 3 is 2.73 bits per heavy atom. The van der Waals surface area contributed by atoms with E-state index in [9.17, 15) is 18.4 Å². The Morgan fingerprint density at radius 2 is 2.08 bits per heavy atom. The average molecular weight is 368 g/mol. The number of nitrogens with one attached hydrogen (secondary N) is 1. The molecule has 2 fully saturated rings. The van der Waals surface area contributed by atoms with Crippen LogP contribution in [0.25, 0.3) is 0 Å². The van der Waals surface area contributed by atoms with Crippen molar-refractivity contribution in [3.05, 3.63) is 29.8 Å². The second kappa shape index (κ2) is 8.44. The third-order valence-electron chi connectivity index (χ3n) is 4.66. The predicted molar refractivity (Wildman–Crippen MR) is 88.6 cm³/mol. The molecule has 6 nitrogen and oxygen atoms in total. The molecule has 2 atom stereocenters. The Morgan fingerprint density at radius 1 is 1.31 bits per heavy atom. The first kappa shape index (κ1) is 18.6. The zero-order chi connectivity index (χ0) is 18.5. The van der Waals surface area contributed by atoms with Gasteiger partial charge in [-0.2, -0.15) is 8.78 Å². The summed E-state index contributed by atoms with van der Waals surface area (Å²) in [4.78, 5) is 26.2. The van der Waals surface area contributed by atoms with Crippen molar-refractivity contribution in [3.8, 4) is 5.75 Å². The lowest BCUT2D eigenvalue weighted by Gasteiger charge is -2.25. The van der Waals surface area contributed by atoms with Crippen LogP contribution in [0.4, 0.5) is 8.78 Å². The van der Waals surface area contributed by atoms with Crippen LogP contribution in [-0.2, 0) is 20.9 Å². The third-order valence-corrected chi connectivity index (χ3v) is 4.66. The number of hydrogen-bond acceptors (Lipinski definition) is 4. The van der Waals surface area contributed by atoms with Gasteiger partial charge in [0.1, 0.15) is 11.8 Å². The standard InChI is InChI=1S/C18H22F2N2O4/c19-18(20)26-13-5-3-12(4-6-13)11-22-15(7-8-16(22)23)17(24)21-10-14-2-1-9-25-14/h3-6,14-15,18H,1-2,7-11H2,(H,21,24). The molecule has 2 aliphatic heterocycles. The van der Waals surface area contributed by atoms with Gasteiger partial charge in [0.2, 0.25) is 11.8 Å². The Labute approximate surface area is 150 Å². The van der Waals surface area contributed by atoms with Crippen LogP contribution in [0.5, 0.6) is 5.75 Å². The molecule has 2 unspecified atom stereocenters. The Kier molecular flexibility index (Phi) is 6.03. The lowest BCUT2D eigenvalue weighted by molar-refractivity contribution is -0.136. The fourth-order valence-corrected chi connectivity index (χ4v) is 3.32. The summed E-state index contributed by atoms with van der Waals surface area (Å²) in [6, 6.07) is 5.57. The highest BCUT2D eigenvalue weighted by Gasteiger charge is 2.36. The Balaban J connectivity index is 1.57. The van der Waals surface area contributed by atoms with Crippen molar-refractivity contribution in [2.45, 2.75) is 51.0 Å². The molecule has 142 valence electrons. The molecule has 0 aliphatic carbocycles. The van der Waals surface area contributed by atoms with Crippen LogP contribution in [0.15, 0.2) is 24.3 Å². The number of carbonyl (C=O) groups excluding carboxylic acids is 2. The molecule has 1 N–H and O–H groups in total. The van der Waals surface area contributed by atoms with Crippen molar-refractivity contribution in [1.29, 1.82) is 0 Å². The van der Waals surface area contributed by atoms with E-state index in [0.717, 1.165) is 25.0 Å². The predicted octanol–water partition coefficient (Wildman–Crippen LogP) is 2.07. The molecule has 2 amide bonds. The third kappa shape index (κ3) is 4.69. The topological polar surface area (TPSA) is 67.9 Å². The summed E-state index contributed by atoms with van der Waals surface area (Å²) in [6.45, 7) is -1.44. The normalized spacial score (nSPS) is 22.9. The van der Waals surface area contributed by atoms with Gasteiger partial charge in [-0.25, -0.2) is 0 Å². The van der Waals surface area contributed by atoms with Gasteiger partial charge in [0, 0.05) is 26.1 Å². The number of nitrogens with zero attached hydrogens (tertiary/aromatic N) is 1. The summed E-state index contributed by atoms with van der Waals surface area (Å²) in [5.74, 6) is -0.207. The highest BCUT2D eigenvalue weighted by molar-refractivity contribution is 5.90. The van der Waals surface area contributed by atoms with E-state index >= 15 is 0 Å². The molecule has 1 aromatic rings. The maximum Gasteiger partial charge on any atom is 0.387 e. The van der Waals surface area contributed by atoms with Gasteiger partial charge in [-0.05, 0) is 37.0 Å². The van der Waals surface area contributed by atoms with E-state index in [1.165, 1.54) is 17.0 Å². The minimum Gasteiger partial charge on any atom is -0.435 e. The van der Waals surface area contributed by atoms with Crippen molar-refractivity contribution in [1.82, 2.24) is 10.2 Å². The van der Waals surface area contributed by atoms with Gasteiger partial charge in [0.05, 0.1) is 6.10 Å². The van der Waals surface area contributed by atoms with Crippen LogP contribution in [0.2, 0.25) is 0 Å². The SMILES string of the molecule is O=C(NCC1CCCO1)C1CCC(=O)N1Cc1ccc(OC(F)F)cc1. The number of hydrogen-bond donors (Lipinski definition) is 1. The largest absolute Gasteiger partial charge is 0.435 e. The Hall–Kier alpha value is -2.22. The highest BCUT2D eigenvalue weighted by Crippen LogP contribution is 2.23. The summed E-state index contributed by atoms with van der Waals surface area (Å²) < 4.78 is 34.2. The van der Waals surface area contributed by atoms with Crippen molar-refractivity contribution in [2.75, 3.05) is 13.2 Å². The summed E-state index contributed by atoms with van der Waals surface area (Å²) in [5.41, 5.74) is 0.749. The number of amides is 2. The molecule has 8 heteroatoms. The molecular weight excluding hydrogens is 346 g/mol. The quantitative estimate of drug-likeness (QED) is 0.800. The number of alkyl halides is 2. The summed E-state index contributed by atoms with van der Waals surface area (Å²) in [5, 5.41) is 2.87. The summed E-state index contributed by atoms with van der Waals surface area (Å²) in [7, 11) is 0. The van der Waals surface area contributed by atoms with Crippen LogP contribution in [0.1, 0.15) is 31.2 Å². The van der Waals surface area contributed by atoms with Gasteiger partial charge in [-0.15, -0.1) is 0 Å². The van der Waals surface area contributed by atoms with E-state index in [4.69, 9.17) is 4.74 Å². The van der Waals surface area contributed by atoms with E-state index in [-0.39, 0.29) is 30.2 Å². The van der Waals surface area contributed by atoms with Gasteiger partial charge in [0.25, 0.3) is 0 Å². The minimum absolute atomic E-state index is 0.0480. The zero-order valence-corrected chi connectivity index (χ0v) is 14.3. The molecule has 0 radical (unpaired) electrons. The van der Waals surface area contributed by atoms with E-state index in [0.29, 0.717) is 19.4 Å². The molecule has 0 spiro atoms. The van der Waals surface area contributed by atoms with Crippen LogP contribution < -0.4 is 10.1 Å². The van der Waals surface area contributed by atoms with Gasteiger partial charge < -0.3 is 19.7 Å². The molecule has 26 heavy (non-hydrogen) atoms. The molecule has 2 saturated heterocycles. The second-order valence-corrected chi connectivity index (χ2v) is 6.48. The van der Waals surface area contributed by atoms with E-state index in [2.05, 4.69) is 10.1 Å². The monoisotopic (exact) mass is 368 g/mol. The first-order valence-electron chi connectivity index (χ1n) is 8.75. The van der Waals surface area contributed by atoms with Gasteiger partial charge in [0.15, 0.2) is 0 Å². The fourth-order valence-electron chi connectivity index (χ4n) is 3.32. The zero-order valence-electron chi connectivity index (χ0n) is 14.3. The van der Waals surface area contributed by atoms with Crippen molar-refractivity contribution >= 4 is 11.8 Å². The lowest BCUT2D eigenvalue weighted by Crippen LogP contribution is -2.46. The van der Waals surface area contributed by atoms with Crippen molar-refractivity contribution < 1.29 is 27.8 Å². The molecule has 0 aromatic heterocycles. The minimum atomic E-state index is -2.88. The first-order chi connectivity index (χ1) is 12.5. The molecule has 3 rings (SSSR count). The van der Waals surface area contributed by atoms with Crippen LogP contribution in [-0.4, -0.2) is 48.6 Å². The van der Waals surface area contributed by atoms with Crippen LogP contribution in [0, 0.1) is 0 Å². The number of halogens is 2. The van der Waals surface area contributed by atoms with Crippen LogP contribution >= 0.6 is 0 Å². The number of likely N-dealkylation sites (tertiary alicyclic amines) is 1. The molecule has 0 saturated carbocycles. The fraction of sp³-hybridized carbons (Fsp3) is 0.556. The van der Waals surface area contributed by atoms with E-state index in [1.807, 2.05) is 0 Å². The average Bonchev–Trinajstić information content (AvgIpc) is 3.25. The van der Waals surface area contributed by atoms with E-state index in [1.54, 1.807) is 12.1 Å². The maximum absolute atomic E-state index is 12.5. The van der Waals surface area contributed by atoms with Crippen molar-refractivity contribution in [2.24, 2.45) is 0 Å². The molecule has 2 aliphatic rings. The first-order valence-corrected chi connectivity index (χ1v) is 8.75.